The van der Waals surface area contributed by atoms with Crippen LogP contribution in [0.5, 0.6) is 5.75 Å². The highest BCUT2D eigenvalue weighted by Crippen LogP contribution is 2.26. The Kier molecular flexibility index (Phi) is 3.49. The van der Waals surface area contributed by atoms with E-state index in [1.165, 1.54) is 0 Å². The van der Waals surface area contributed by atoms with E-state index in [1.807, 2.05) is 6.92 Å². The van der Waals surface area contributed by atoms with E-state index in [-0.39, 0.29) is 6.04 Å². The van der Waals surface area contributed by atoms with E-state index in [0.29, 0.717) is 5.56 Å². The van der Waals surface area contributed by atoms with Gasteiger partial charge in [-0.15, -0.1) is 0 Å². The highest BCUT2D eigenvalue weighted by atomic mass is 16.5. The summed E-state index contributed by atoms with van der Waals surface area (Å²) in [5.41, 5.74) is 7.42. The molecular formula is C11H14N2O. The zero-order valence-corrected chi connectivity index (χ0v) is 8.45. The number of hydrogen-bond donors (Lipinski definition) is 1. The maximum absolute atomic E-state index is 8.75. The Bertz CT molecular complexity index is 355. The summed E-state index contributed by atoms with van der Waals surface area (Å²) < 4.78 is 5.18. The van der Waals surface area contributed by atoms with Gasteiger partial charge in [-0.25, -0.2) is 0 Å². The minimum Gasteiger partial charge on any atom is -0.496 e. The minimum absolute atomic E-state index is 0.0711. The van der Waals surface area contributed by atoms with E-state index in [9.17, 15) is 0 Å². The molecule has 1 unspecified atom stereocenters. The van der Waals surface area contributed by atoms with E-state index in [2.05, 4.69) is 6.07 Å². The van der Waals surface area contributed by atoms with Gasteiger partial charge >= 0.3 is 0 Å². The van der Waals surface area contributed by atoms with Crippen molar-refractivity contribution >= 4 is 0 Å². The predicted octanol–water partition coefficient (Wildman–Crippen LogP) is 1.98. The lowest BCUT2D eigenvalue weighted by Crippen LogP contribution is -2.10. The molecule has 0 heterocycles. The Hall–Kier alpha value is -1.53. The molecule has 1 atom stereocenters. The molecule has 0 radical (unpaired) electrons. The summed E-state index contributed by atoms with van der Waals surface area (Å²) in [6, 6.07) is 7.31. The maximum atomic E-state index is 8.75. The molecule has 1 aromatic rings. The van der Waals surface area contributed by atoms with Crippen LogP contribution in [0.15, 0.2) is 18.2 Å². The van der Waals surface area contributed by atoms with Crippen molar-refractivity contribution in [2.45, 2.75) is 19.4 Å². The molecule has 14 heavy (non-hydrogen) atoms. The van der Waals surface area contributed by atoms with Gasteiger partial charge in [-0.1, -0.05) is 6.92 Å². The Morgan fingerprint density at radius 3 is 2.79 bits per heavy atom. The van der Waals surface area contributed by atoms with Crippen LogP contribution < -0.4 is 10.5 Å². The average molecular weight is 190 g/mol. The third kappa shape index (κ3) is 2.04. The minimum atomic E-state index is -0.0711. The molecule has 0 spiro atoms. The van der Waals surface area contributed by atoms with Crippen LogP contribution in [0.3, 0.4) is 0 Å². The summed E-state index contributed by atoms with van der Waals surface area (Å²) in [7, 11) is 1.60. The summed E-state index contributed by atoms with van der Waals surface area (Å²) in [6.45, 7) is 2.00. The largest absolute Gasteiger partial charge is 0.496 e. The molecule has 74 valence electrons. The molecule has 1 aromatic carbocycles. The molecule has 1 rings (SSSR count). The van der Waals surface area contributed by atoms with Crippen LogP contribution in [-0.4, -0.2) is 7.11 Å². The van der Waals surface area contributed by atoms with Crippen molar-refractivity contribution in [2.24, 2.45) is 5.73 Å². The summed E-state index contributed by atoms with van der Waals surface area (Å²) in [6.07, 6.45) is 0.825. The van der Waals surface area contributed by atoms with E-state index in [0.717, 1.165) is 17.7 Å². The summed E-state index contributed by atoms with van der Waals surface area (Å²) >= 11 is 0. The first-order chi connectivity index (χ1) is 6.72. The predicted molar refractivity (Wildman–Crippen MR) is 54.9 cm³/mol. The van der Waals surface area contributed by atoms with Gasteiger partial charge in [-0.05, 0) is 24.6 Å². The number of benzene rings is 1. The summed E-state index contributed by atoms with van der Waals surface area (Å²) in [4.78, 5) is 0. The van der Waals surface area contributed by atoms with Gasteiger partial charge in [0.15, 0.2) is 0 Å². The lowest BCUT2D eigenvalue weighted by Gasteiger charge is -2.13. The quantitative estimate of drug-likeness (QED) is 0.792. The molecule has 3 nitrogen and oxygen atoms in total. The lowest BCUT2D eigenvalue weighted by atomic mass is 10.0. The Morgan fingerprint density at radius 2 is 2.29 bits per heavy atom. The molecule has 0 saturated carbocycles. The molecule has 0 fully saturated rings. The van der Waals surface area contributed by atoms with Gasteiger partial charge in [-0.2, -0.15) is 5.26 Å². The Balaban J connectivity index is 3.16. The van der Waals surface area contributed by atoms with Crippen LogP contribution in [0.25, 0.3) is 0 Å². The van der Waals surface area contributed by atoms with Crippen LogP contribution in [0, 0.1) is 11.3 Å². The highest BCUT2D eigenvalue weighted by molar-refractivity contribution is 5.43. The number of nitriles is 1. The van der Waals surface area contributed by atoms with Crippen molar-refractivity contribution in [3.63, 3.8) is 0 Å². The standard InChI is InChI=1S/C11H14N2O/c1-3-10(13)9-6-8(7-12)4-5-11(9)14-2/h4-6,10H,3,13H2,1-2H3. The zero-order valence-electron chi connectivity index (χ0n) is 8.45. The van der Waals surface area contributed by atoms with Crippen LogP contribution in [0.2, 0.25) is 0 Å². The number of ether oxygens (including phenoxy) is 1. The SMILES string of the molecule is CCC(N)c1cc(C#N)ccc1OC. The van der Waals surface area contributed by atoms with Crippen molar-refractivity contribution in [1.29, 1.82) is 5.26 Å². The molecule has 0 amide bonds. The highest BCUT2D eigenvalue weighted by Gasteiger charge is 2.10. The average Bonchev–Trinajstić information content (AvgIpc) is 2.27. The Morgan fingerprint density at radius 1 is 1.57 bits per heavy atom. The fourth-order valence-corrected chi connectivity index (χ4v) is 1.31. The molecule has 0 aromatic heterocycles. The van der Waals surface area contributed by atoms with Crippen LogP contribution in [-0.2, 0) is 0 Å². The van der Waals surface area contributed by atoms with E-state index >= 15 is 0 Å². The van der Waals surface area contributed by atoms with Crippen LogP contribution in [0.1, 0.15) is 30.5 Å². The third-order valence-electron chi connectivity index (χ3n) is 2.20. The fraction of sp³-hybridized carbons (Fsp3) is 0.364. The van der Waals surface area contributed by atoms with Gasteiger partial charge in [0.05, 0.1) is 18.7 Å². The second-order valence-corrected chi connectivity index (χ2v) is 3.08. The van der Waals surface area contributed by atoms with Crippen LogP contribution in [0.4, 0.5) is 0 Å². The van der Waals surface area contributed by atoms with Gasteiger partial charge in [0.2, 0.25) is 0 Å². The first-order valence-corrected chi connectivity index (χ1v) is 4.56. The molecular weight excluding hydrogens is 176 g/mol. The molecule has 2 N–H and O–H groups in total. The second-order valence-electron chi connectivity index (χ2n) is 3.08. The van der Waals surface area contributed by atoms with Crippen molar-refractivity contribution in [3.05, 3.63) is 29.3 Å². The summed E-state index contributed by atoms with van der Waals surface area (Å²) in [5.74, 6) is 0.748. The van der Waals surface area contributed by atoms with Crippen molar-refractivity contribution in [1.82, 2.24) is 0 Å². The monoisotopic (exact) mass is 190 g/mol. The first kappa shape index (κ1) is 10.6. The number of methoxy groups -OCH3 is 1. The van der Waals surface area contributed by atoms with Crippen LogP contribution >= 0.6 is 0 Å². The van der Waals surface area contributed by atoms with Crippen molar-refractivity contribution in [2.75, 3.05) is 7.11 Å². The number of hydrogen-bond acceptors (Lipinski definition) is 3. The smallest absolute Gasteiger partial charge is 0.123 e. The fourth-order valence-electron chi connectivity index (χ4n) is 1.31. The van der Waals surface area contributed by atoms with Gasteiger partial charge in [0, 0.05) is 11.6 Å². The first-order valence-electron chi connectivity index (χ1n) is 4.56. The van der Waals surface area contributed by atoms with E-state index in [4.69, 9.17) is 15.7 Å². The molecule has 0 bridgehead atoms. The lowest BCUT2D eigenvalue weighted by molar-refractivity contribution is 0.405. The topological polar surface area (TPSA) is 59.0 Å². The molecule has 3 heteroatoms. The molecule has 0 aliphatic rings. The van der Waals surface area contributed by atoms with Gasteiger partial charge < -0.3 is 10.5 Å². The third-order valence-corrected chi connectivity index (χ3v) is 2.20. The Labute approximate surface area is 84.1 Å². The maximum Gasteiger partial charge on any atom is 0.123 e. The number of nitrogens with two attached hydrogens (primary N) is 1. The van der Waals surface area contributed by atoms with E-state index < -0.39 is 0 Å². The molecule has 0 saturated heterocycles. The van der Waals surface area contributed by atoms with Gasteiger partial charge in [0.25, 0.3) is 0 Å². The zero-order chi connectivity index (χ0) is 10.6. The van der Waals surface area contributed by atoms with Crippen molar-refractivity contribution in [3.8, 4) is 11.8 Å². The van der Waals surface area contributed by atoms with Crippen molar-refractivity contribution < 1.29 is 4.74 Å². The van der Waals surface area contributed by atoms with E-state index in [1.54, 1.807) is 25.3 Å². The van der Waals surface area contributed by atoms with Gasteiger partial charge in [-0.3, -0.25) is 0 Å². The molecule has 0 aliphatic heterocycles. The number of nitrogens with zero attached hydrogens (tertiary/aromatic N) is 1. The molecule has 0 aliphatic carbocycles. The summed E-state index contributed by atoms with van der Waals surface area (Å²) in [5, 5.41) is 8.75. The van der Waals surface area contributed by atoms with Gasteiger partial charge in [0.1, 0.15) is 5.75 Å². The normalized spacial score (nSPS) is 11.9. The second kappa shape index (κ2) is 4.64. The number of rotatable bonds is 3.